The predicted molar refractivity (Wildman–Crippen MR) is 78.1 cm³/mol. The fraction of sp³-hybridized carbons (Fsp3) is 0.867. The first-order valence-corrected chi connectivity index (χ1v) is 7.83. The van der Waals surface area contributed by atoms with Crippen molar-refractivity contribution in [1.82, 2.24) is 5.48 Å². The van der Waals surface area contributed by atoms with Crippen LogP contribution in [0.4, 0.5) is 4.79 Å². The lowest BCUT2D eigenvalue weighted by molar-refractivity contribution is -0.149. The quantitative estimate of drug-likeness (QED) is 0.459. The number of hydroxylamine groups is 1. The van der Waals surface area contributed by atoms with Gasteiger partial charge in [-0.2, -0.15) is 0 Å². The molecule has 5 nitrogen and oxygen atoms in total. The van der Waals surface area contributed by atoms with Crippen molar-refractivity contribution in [2.75, 3.05) is 6.61 Å². The lowest BCUT2D eigenvalue weighted by atomic mass is 10.1. The molecule has 0 saturated heterocycles. The minimum atomic E-state index is -0.729. The normalized spacial score (nSPS) is 10.1. The second-order valence-corrected chi connectivity index (χ2v) is 4.88. The molecule has 0 aliphatic heterocycles. The van der Waals surface area contributed by atoms with Gasteiger partial charge in [0.2, 0.25) is 0 Å². The summed E-state index contributed by atoms with van der Waals surface area (Å²) < 4.78 is 4.56. The van der Waals surface area contributed by atoms with E-state index < -0.39 is 12.1 Å². The van der Waals surface area contributed by atoms with Crippen LogP contribution >= 0.6 is 0 Å². The average molecular weight is 287 g/mol. The maximum Gasteiger partial charge on any atom is 0.440 e. The molecule has 0 atom stereocenters. The van der Waals surface area contributed by atoms with Crippen LogP contribution in [0.2, 0.25) is 0 Å². The van der Waals surface area contributed by atoms with Crippen molar-refractivity contribution < 1.29 is 19.2 Å². The van der Waals surface area contributed by atoms with Crippen molar-refractivity contribution in [2.24, 2.45) is 0 Å². The van der Waals surface area contributed by atoms with E-state index in [1.807, 2.05) is 5.48 Å². The van der Waals surface area contributed by atoms with Gasteiger partial charge < -0.3 is 9.57 Å². The van der Waals surface area contributed by atoms with E-state index in [-0.39, 0.29) is 6.61 Å². The maximum atomic E-state index is 11.3. The number of rotatable bonds is 11. The van der Waals surface area contributed by atoms with Gasteiger partial charge in [0.1, 0.15) is 0 Å². The summed E-state index contributed by atoms with van der Waals surface area (Å²) >= 11 is 0. The smallest absolute Gasteiger partial charge is 0.440 e. The van der Waals surface area contributed by atoms with E-state index >= 15 is 0 Å². The summed E-state index contributed by atoms with van der Waals surface area (Å²) in [6.07, 6.45) is 10.4. The SMILES string of the molecule is CCCCCCCCCCCC(=O)ONC(=O)OCC. The number of ether oxygens (including phenoxy) is 1. The van der Waals surface area contributed by atoms with E-state index in [1.165, 1.54) is 38.5 Å². The first-order valence-electron chi connectivity index (χ1n) is 7.83. The van der Waals surface area contributed by atoms with Crippen molar-refractivity contribution >= 4 is 12.1 Å². The van der Waals surface area contributed by atoms with Crippen LogP contribution in [0, 0.1) is 0 Å². The summed E-state index contributed by atoms with van der Waals surface area (Å²) in [4.78, 5) is 26.7. The van der Waals surface area contributed by atoms with Gasteiger partial charge in [-0.15, -0.1) is 5.48 Å². The predicted octanol–water partition coefficient (Wildman–Crippen LogP) is 4.11. The van der Waals surface area contributed by atoms with E-state index in [9.17, 15) is 9.59 Å². The second kappa shape index (κ2) is 14.2. The Morgan fingerprint density at radius 2 is 1.40 bits per heavy atom. The Morgan fingerprint density at radius 1 is 0.850 bits per heavy atom. The number of nitrogens with one attached hydrogen (secondary N) is 1. The highest BCUT2D eigenvalue weighted by molar-refractivity contribution is 5.72. The molecule has 118 valence electrons. The Balaban J connectivity index is 3.25. The molecular formula is C15H29NO4. The fourth-order valence-electron chi connectivity index (χ4n) is 1.89. The Morgan fingerprint density at radius 3 is 1.95 bits per heavy atom. The molecule has 0 radical (unpaired) electrons. The molecule has 0 aromatic carbocycles. The van der Waals surface area contributed by atoms with E-state index in [1.54, 1.807) is 6.92 Å². The summed E-state index contributed by atoms with van der Waals surface area (Å²) in [5.74, 6) is -0.416. The molecule has 0 bridgehead atoms. The molecule has 0 fully saturated rings. The molecule has 0 rings (SSSR count). The van der Waals surface area contributed by atoms with Crippen LogP contribution in [0.15, 0.2) is 0 Å². The topological polar surface area (TPSA) is 64.6 Å². The summed E-state index contributed by atoms with van der Waals surface area (Å²) in [5, 5.41) is 0. The number of amides is 1. The summed E-state index contributed by atoms with van der Waals surface area (Å²) in [6.45, 7) is 4.15. The fourth-order valence-corrected chi connectivity index (χ4v) is 1.89. The van der Waals surface area contributed by atoms with Gasteiger partial charge in [0.25, 0.3) is 0 Å². The van der Waals surface area contributed by atoms with E-state index in [2.05, 4.69) is 16.5 Å². The molecule has 5 heteroatoms. The molecular weight excluding hydrogens is 258 g/mol. The lowest BCUT2D eigenvalue weighted by Gasteiger charge is -2.05. The second-order valence-electron chi connectivity index (χ2n) is 4.88. The molecule has 0 aliphatic rings. The molecule has 0 spiro atoms. The highest BCUT2D eigenvalue weighted by Crippen LogP contribution is 2.10. The van der Waals surface area contributed by atoms with Gasteiger partial charge in [0.05, 0.1) is 6.61 Å². The van der Waals surface area contributed by atoms with Crippen LogP contribution < -0.4 is 5.48 Å². The van der Waals surface area contributed by atoms with E-state index in [4.69, 9.17) is 0 Å². The summed E-state index contributed by atoms with van der Waals surface area (Å²) in [6, 6.07) is 0. The van der Waals surface area contributed by atoms with E-state index in [0.717, 1.165) is 19.3 Å². The minimum Gasteiger partial charge on any atom is -0.448 e. The Bertz CT molecular complexity index is 256. The molecule has 0 aromatic heterocycles. The van der Waals surface area contributed by atoms with Crippen molar-refractivity contribution in [3.8, 4) is 0 Å². The van der Waals surface area contributed by atoms with Gasteiger partial charge in [0.15, 0.2) is 0 Å². The largest absolute Gasteiger partial charge is 0.448 e. The van der Waals surface area contributed by atoms with Crippen LogP contribution in [0.1, 0.15) is 78.1 Å². The lowest BCUT2D eigenvalue weighted by Crippen LogP contribution is -2.27. The van der Waals surface area contributed by atoms with E-state index in [0.29, 0.717) is 6.42 Å². The van der Waals surface area contributed by atoms with Crippen molar-refractivity contribution in [1.29, 1.82) is 0 Å². The molecule has 1 N–H and O–H groups in total. The van der Waals surface area contributed by atoms with Crippen LogP contribution in [-0.4, -0.2) is 18.7 Å². The Kier molecular flexibility index (Phi) is 13.3. The molecule has 0 heterocycles. The Hall–Kier alpha value is -1.26. The first-order chi connectivity index (χ1) is 9.70. The highest BCUT2D eigenvalue weighted by atomic mass is 16.7. The molecule has 0 aliphatic carbocycles. The zero-order valence-corrected chi connectivity index (χ0v) is 12.9. The van der Waals surface area contributed by atoms with Gasteiger partial charge in [0, 0.05) is 6.42 Å². The maximum absolute atomic E-state index is 11.3. The summed E-state index contributed by atoms with van der Waals surface area (Å²) in [5.41, 5.74) is 1.95. The number of hydrogen-bond acceptors (Lipinski definition) is 4. The molecule has 1 amide bonds. The number of carbonyl (C=O) groups is 2. The number of carbonyl (C=O) groups excluding carboxylic acids is 2. The highest BCUT2D eigenvalue weighted by Gasteiger charge is 2.06. The molecule has 0 aromatic rings. The monoisotopic (exact) mass is 287 g/mol. The van der Waals surface area contributed by atoms with Crippen LogP contribution in [0.5, 0.6) is 0 Å². The third kappa shape index (κ3) is 13.2. The van der Waals surface area contributed by atoms with Crippen molar-refractivity contribution in [3.63, 3.8) is 0 Å². The van der Waals surface area contributed by atoms with Gasteiger partial charge >= 0.3 is 12.1 Å². The van der Waals surface area contributed by atoms with Crippen molar-refractivity contribution in [2.45, 2.75) is 78.1 Å². The van der Waals surface area contributed by atoms with Gasteiger partial charge in [-0.3, -0.25) is 0 Å². The van der Waals surface area contributed by atoms with Crippen LogP contribution in [0.3, 0.4) is 0 Å². The van der Waals surface area contributed by atoms with Crippen LogP contribution in [-0.2, 0) is 14.4 Å². The third-order valence-electron chi connectivity index (χ3n) is 3.01. The molecule has 0 saturated carbocycles. The minimum absolute atomic E-state index is 0.252. The molecule has 0 unspecified atom stereocenters. The zero-order chi connectivity index (χ0) is 15.1. The number of hydrogen-bond donors (Lipinski definition) is 1. The summed E-state index contributed by atoms with van der Waals surface area (Å²) in [7, 11) is 0. The standard InChI is InChI=1S/C15H29NO4/c1-3-5-6-7-8-9-10-11-12-13-14(17)20-16-15(18)19-4-2/h3-13H2,1-2H3,(H,16,18). The first kappa shape index (κ1) is 18.7. The van der Waals surface area contributed by atoms with Gasteiger partial charge in [-0.1, -0.05) is 58.3 Å². The Labute approximate surface area is 122 Å². The molecule has 20 heavy (non-hydrogen) atoms. The zero-order valence-electron chi connectivity index (χ0n) is 12.9. The van der Waals surface area contributed by atoms with Crippen molar-refractivity contribution in [3.05, 3.63) is 0 Å². The van der Waals surface area contributed by atoms with Gasteiger partial charge in [-0.25, -0.2) is 9.59 Å². The van der Waals surface area contributed by atoms with Crippen LogP contribution in [0.25, 0.3) is 0 Å². The average Bonchev–Trinajstić information content (AvgIpc) is 2.43. The van der Waals surface area contributed by atoms with Gasteiger partial charge in [-0.05, 0) is 13.3 Å². The third-order valence-corrected chi connectivity index (χ3v) is 3.01. The number of unbranched alkanes of at least 4 members (excludes halogenated alkanes) is 8.